The van der Waals surface area contributed by atoms with E-state index in [1.807, 2.05) is 72.9 Å². The highest BCUT2D eigenvalue weighted by Crippen LogP contribution is 2.20. The van der Waals surface area contributed by atoms with Crippen molar-refractivity contribution in [1.82, 2.24) is 0 Å². The summed E-state index contributed by atoms with van der Waals surface area (Å²) < 4.78 is 11.0. The summed E-state index contributed by atoms with van der Waals surface area (Å²) in [5.41, 5.74) is 3.37. The summed E-state index contributed by atoms with van der Waals surface area (Å²) in [7, 11) is 1.67. The molecule has 0 amide bonds. The fourth-order valence-corrected chi connectivity index (χ4v) is 2.56. The van der Waals surface area contributed by atoms with Gasteiger partial charge in [-0.15, -0.1) is 0 Å². The summed E-state index contributed by atoms with van der Waals surface area (Å²) in [5.74, 6) is 1.71. The van der Waals surface area contributed by atoms with Crippen molar-refractivity contribution >= 4 is 6.21 Å². The van der Waals surface area contributed by atoms with E-state index in [-0.39, 0.29) is 6.04 Å². The summed E-state index contributed by atoms with van der Waals surface area (Å²) in [6, 6.07) is 26.2. The van der Waals surface area contributed by atoms with Gasteiger partial charge >= 0.3 is 0 Å². The van der Waals surface area contributed by atoms with Crippen LogP contribution in [0, 0.1) is 0 Å². The fraction of sp³-hybridized carbons (Fsp3) is 0.174. The minimum absolute atomic E-state index is 0.0925. The third-order valence-corrected chi connectivity index (χ3v) is 4.17. The van der Waals surface area contributed by atoms with Crippen molar-refractivity contribution in [2.75, 3.05) is 7.11 Å². The van der Waals surface area contributed by atoms with Gasteiger partial charge in [0.2, 0.25) is 0 Å². The predicted molar refractivity (Wildman–Crippen MR) is 106 cm³/mol. The van der Waals surface area contributed by atoms with Crippen LogP contribution in [0.3, 0.4) is 0 Å². The molecule has 0 fully saturated rings. The van der Waals surface area contributed by atoms with Crippen molar-refractivity contribution < 1.29 is 9.47 Å². The van der Waals surface area contributed by atoms with Crippen LogP contribution >= 0.6 is 0 Å². The van der Waals surface area contributed by atoms with Crippen LogP contribution in [0.15, 0.2) is 83.9 Å². The Kier molecular flexibility index (Phi) is 6.05. The number of hydrogen-bond donors (Lipinski definition) is 0. The maximum atomic E-state index is 5.81. The van der Waals surface area contributed by atoms with Crippen LogP contribution in [0.1, 0.15) is 29.7 Å². The lowest BCUT2D eigenvalue weighted by Crippen LogP contribution is -1.95. The molecule has 0 aliphatic carbocycles. The van der Waals surface area contributed by atoms with Gasteiger partial charge in [-0.2, -0.15) is 0 Å². The van der Waals surface area contributed by atoms with Crippen molar-refractivity contribution in [3.05, 3.63) is 95.6 Å². The first-order valence-electron chi connectivity index (χ1n) is 8.68. The lowest BCUT2D eigenvalue weighted by Gasteiger charge is -2.08. The third-order valence-electron chi connectivity index (χ3n) is 4.17. The van der Waals surface area contributed by atoms with Gasteiger partial charge < -0.3 is 9.47 Å². The van der Waals surface area contributed by atoms with E-state index in [0.717, 1.165) is 28.2 Å². The van der Waals surface area contributed by atoms with Gasteiger partial charge in [-0.1, -0.05) is 42.5 Å². The highest BCUT2D eigenvalue weighted by Gasteiger charge is 2.03. The SMILES string of the molecule is COc1ccc(C(C)/N=C\c2ccc(OCc3ccccc3)cc2)cc1. The van der Waals surface area contributed by atoms with Gasteiger partial charge in [-0.25, -0.2) is 0 Å². The Labute approximate surface area is 154 Å². The average Bonchev–Trinajstić information content (AvgIpc) is 2.72. The first-order valence-corrected chi connectivity index (χ1v) is 8.68. The minimum atomic E-state index is 0.0925. The summed E-state index contributed by atoms with van der Waals surface area (Å²) in [4.78, 5) is 4.64. The standard InChI is InChI=1S/C23H23NO2/c1-18(21-10-14-22(25-2)15-11-21)24-16-19-8-12-23(13-9-19)26-17-20-6-4-3-5-7-20/h3-16,18H,17H2,1-2H3/b24-16-. The van der Waals surface area contributed by atoms with Crippen LogP contribution in [0.25, 0.3) is 0 Å². The molecule has 0 bridgehead atoms. The molecule has 26 heavy (non-hydrogen) atoms. The summed E-state index contributed by atoms with van der Waals surface area (Å²) >= 11 is 0. The second kappa shape index (κ2) is 8.86. The molecule has 132 valence electrons. The van der Waals surface area contributed by atoms with E-state index in [0.29, 0.717) is 6.61 Å². The molecule has 0 radical (unpaired) electrons. The first-order chi connectivity index (χ1) is 12.7. The van der Waals surface area contributed by atoms with Crippen molar-refractivity contribution in [1.29, 1.82) is 0 Å². The average molecular weight is 345 g/mol. The van der Waals surface area contributed by atoms with Crippen molar-refractivity contribution in [2.45, 2.75) is 19.6 Å². The number of aliphatic imine (C=N–C) groups is 1. The summed E-state index contributed by atoms with van der Waals surface area (Å²) in [6.07, 6.45) is 1.90. The number of ether oxygens (including phenoxy) is 2. The van der Waals surface area contributed by atoms with E-state index in [9.17, 15) is 0 Å². The molecule has 0 spiro atoms. The number of hydrogen-bond acceptors (Lipinski definition) is 3. The molecule has 3 nitrogen and oxygen atoms in total. The molecule has 3 heteroatoms. The van der Waals surface area contributed by atoms with Gasteiger partial charge in [0.05, 0.1) is 13.2 Å². The Morgan fingerprint density at radius 1 is 0.846 bits per heavy atom. The molecular formula is C23H23NO2. The monoisotopic (exact) mass is 345 g/mol. The Bertz CT molecular complexity index is 824. The van der Waals surface area contributed by atoms with Crippen molar-refractivity contribution in [3.63, 3.8) is 0 Å². The lowest BCUT2D eigenvalue weighted by molar-refractivity contribution is 0.306. The molecule has 3 aromatic carbocycles. The van der Waals surface area contributed by atoms with Gasteiger partial charge in [0.1, 0.15) is 18.1 Å². The molecule has 0 aromatic heterocycles. The molecule has 0 saturated carbocycles. The zero-order chi connectivity index (χ0) is 18.2. The van der Waals surface area contributed by atoms with E-state index in [1.165, 1.54) is 0 Å². The largest absolute Gasteiger partial charge is 0.497 e. The van der Waals surface area contributed by atoms with Crippen LogP contribution in [-0.4, -0.2) is 13.3 Å². The van der Waals surface area contributed by atoms with Crippen LogP contribution in [-0.2, 0) is 6.61 Å². The molecule has 1 atom stereocenters. The zero-order valence-electron chi connectivity index (χ0n) is 15.1. The lowest BCUT2D eigenvalue weighted by atomic mass is 10.1. The first kappa shape index (κ1) is 17.7. The summed E-state index contributed by atoms with van der Waals surface area (Å²) in [6.45, 7) is 2.65. The zero-order valence-corrected chi connectivity index (χ0v) is 15.1. The Morgan fingerprint density at radius 3 is 2.15 bits per heavy atom. The van der Waals surface area contributed by atoms with Gasteiger partial charge in [0, 0.05) is 6.21 Å². The highest BCUT2D eigenvalue weighted by atomic mass is 16.5. The van der Waals surface area contributed by atoms with Crippen LogP contribution in [0.5, 0.6) is 11.5 Å². The molecular weight excluding hydrogens is 322 g/mol. The second-order valence-electron chi connectivity index (χ2n) is 6.07. The minimum Gasteiger partial charge on any atom is -0.497 e. The molecule has 0 heterocycles. The van der Waals surface area contributed by atoms with E-state index >= 15 is 0 Å². The molecule has 0 N–H and O–H groups in total. The molecule has 0 aliphatic rings. The van der Waals surface area contributed by atoms with Crippen LogP contribution < -0.4 is 9.47 Å². The predicted octanol–water partition coefficient (Wildman–Crippen LogP) is 5.45. The molecule has 0 saturated heterocycles. The topological polar surface area (TPSA) is 30.8 Å². The van der Waals surface area contributed by atoms with Gasteiger partial charge in [0.25, 0.3) is 0 Å². The van der Waals surface area contributed by atoms with Crippen molar-refractivity contribution in [3.8, 4) is 11.5 Å². The molecule has 0 aliphatic heterocycles. The summed E-state index contributed by atoms with van der Waals surface area (Å²) in [5, 5.41) is 0. The normalized spacial score (nSPS) is 12.1. The quantitative estimate of drug-likeness (QED) is 0.533. The maximum absolute atomic E-state index is 5.81. The van der Waals surface area contributed by atoms with Gasteiger partial charge in [0.15, 0.2) is 0 Å². The van der Waals surface area contributed by atoms with Gasteiger partial charge in [-0.3, -0.25) is 4.99 Å². The second-order valence-corrected chi connectivity index (χ2v) is 6.07. The Morgan fingerprint density at radius 2 is 1.50 bits per heavy atom. The number of rotatable bonds is 7. The number of methoxy groups -OCH3 is 1. The third kappa shape index (κ3) is 4.96. The molecule has 3 aromatic rings. The van der Waals surface area contributed by atoms with Crippen LogP contribution in [0.2, 0.25) is 0 Å². The Hall–Kier alpha value is -3.07. The fourth-order valence-electron chi connectivity index (χ4n) is 2.56. The number of nitrogens with zero attached hydrogens (tertiary/aromatic N) is 1. The number of benzene rings is 3. The highest BCUT2D eigenvalue weighted by molar-refractivity contribution is 5.80. The molecule has 1 unspecified atom stereocenters. The van der Waals surface area contributed by atoms with Gasteiger partial charge in [-0.05, 0) is 60.0 Å². The smallest absolute Gasteiger partial charge is 0.119 e. The molecule has 3 rings (SSSR count). The van der Waals surface area contributed by atoms with E-state index in [2.05, 4.69) is 24.0 Å². The maximum Gasteiger partial charge on any atom is 0.119 e. The van der Waals surface area contributed by atoms with Crippen molar-refractivity contribution in [2.24, 2.45) is 4.99 Å². The van der Waals surface area contributed by atoms with E-state index < -0.39 is 0 Å². The Balaban J connectivity index is 1.56. The van der Waals surface area contributed by atoms with E-state index in [4.69, 9.17) is 9.47 Å². The van der Waals surface area contributed by atoms with E-state index in [1.54, 1.807) is 7.11 Å². The van der Waals surface area contributed by atoms with Crippen LogP contribution in [0.4, 0.5) is 0 Å².